The second-order valence-electron chi connectivity index (χ2n) is 3.88. The van der Waals surface area contributed by atoms with Crippen LogP contribution in [-0.4, -0.2) is 41.9 Å². The number of amides is 1. The fourth-order valence-electron chi connectivity index (χ4n) is 1.48. The molecule has 7 heteroatoms. The Kier molecular flexibility index (Phi) is 5.95. The van der Waals surface area contributed by atoms with Crippen LogP contribution in [0.3, 0.4) is 0 Å². The summed E-state index contributed by atoms with van der Waals surface area (Å²) in [6, 6.07) is 1.50. The lowest BCUT2D eigenvalue weighted by atomic mass is 10.2. The Morgan fingerprint density at radius 2 is 2.28 bits per heavy atom. The number of halogens is 2. The molecule has 0 spiro atoms. The number of rotatable bonds is 6. The van der Waals surface area contributed by atoms with Crippen LogP contribution < -0.4 is 5.32 Å². The Labute approximate surface area is 116 Å². The molecule has 1 aromatic rings. The Morgan fingerprint density at radius 1 is 1.61 bits per heavy atom. The lowest BCUT2D eigenvalue weighted by molar-refractivity contribution is 0.0587. The van der Waals surface area contributed by atoms with Gasteiger partial charge in [0.25, 0.3) is 5.91 Å². The van der Waals surface area contributed by atoms with E-state index in [4.69, 9.17) is 27.9 Å². The molecule has 0 aliphatic rings. The van der Waals surface area contributed by atoms with Crippen LogP contribution in [0.25, 0.3) is 0 Å². The highest BCUT2D eigenvalue weighted by Crippen LogP contribution is 2.24. The molecule has 102 valence electrons. The van der Waals surface area contributed by atoms with Crippen LogP contribution in [-0.2, 0) is 11.8 Å². The Balaban J connectivity index is 2.48. The Hall–Kier alpha value is -0.750. The van der Waals surface area contributed by atoms with Gasteiger partial charge in [-0.05, 0) is 12.5 Å². The molecule has 1 rings (SSSR count). The van der Waals surface area contributed by atoms with Crippen LogP contribution in [0.5, 0.6) is 0 Å². The van der Waals surface area contributed by atoms with E-state index in [2.05, 4.69) is 5.32 Å². The maximum atomic E-state index is 11.8. The smallest absolute Gasteiger partial charge is 0.267 e. The van der Waals surface area contributed by atoms with E-state index >= 15 is 0 Å². The first-order valence-electron chi connectivity index (χ1n) is 5.43. The molecule has 0 aliphatic carbocycles. The van der Waals surface area contributed by atoms with Gasteiger partial charge in [-0.2, -0.15) is 0 Å². The van der Waals surface area contributed by atoms with Crippen molar-refractivity contribution in [1.82, 2.24) is 9.88 Å². The molecule has 1 amide bonds. The first-order chi connectivity index (χ1) is 8.47. The van der Waals surface area contributed by atoms with Gasteiger partial charge < -0.3 is 19.7 Å². The molecule has 0 bridgehead atoms. The number of carbonyl (C=O) groups excluding carboxylic acids is 1. The lowest BCUT2D eigenvalue weighted by Gasteiger charge is -2.10. The molecule has 1 heterocycles. The minimum atomic E-state index is -0.587. The first-order valence-corrected chi connectivity index (χ1v) is 6.18. The first kappa shape index (κ1) is 15.3. The van der Waals surface area contributed by atoms with E-state index in [1.54, 1.807) is 7.05 Å². The van der Waals surface area contributed by atoms with E-state index in [9.17, 15) is 9.90 Å². The molecule has 5 nitrogen and oxygen atoms in total. The number of methoxy groups -OCH3 is 1. The monoisotopic (exact) mass is 294 g/mol. The number of aromatic nitrogens is 1. The molecule has 0 saturated heterocycles. The van der Waals surface area contributed by atoms with Crippen molar-refractivity contribution < 1.29 is 14.6 Å². The van der Waals surface area contributed by atoms with Crippen LogP contribution in [0.4, 0.5) is 0 Å². The number of nitrogens with zero attached hydrogens (tertiary/aromatic N) is 1. The molecular weight excluding hydrogens is 279 g/mol. The largest absolute Gasteiger partial charge is 0.391 e. The van der Waals surface area contributed by atoms with Crippen LogP contribution in [0, 0.1) is 0 Å². The third-order valence-electron chi connectivity index (χ3n) is 2.47. The second-order valence-corrected chi connectivity index (χ2v) is 4.65. The maximum absolute atomic E-state index is 11.8. The van der Waals surface area contributed by atoms with Crippen molar-refractivity contribution in [2.24, 2.45) is 7.05 Å². The van der Waals surface area contributed by atoms with E-state index in [1.807, 2.05) is 0 Å². The average molecular weight is 295 g/mol. The van der Waals surface area contributed by atoms with Crippen molar-refractivity contribution in [3.05, 3.63) is 21.9 Å². The molecule has 2 N–H and O–H groups in total. The molecule has 0 aromatic carbocycles. The predicted molar refractivity (Wildman–Crippen MR) is 70.3 cm³/mol. The summed E-state index contributed by atoms with van der Waals surface area (Å²) in [5, 5.41) is 12.7. The lowest BCUT2D eigenvalue weighted by Crippen LogP contribution is -2.29. The van der Waals surface area contributed by atoms with Gasteiger partial charge in [-0.3, -0.25) is 4.79 Å². The third-order valence-corrected chi connectivity index (χ3v) is 3.31. The summed E-state index contributed by atoms with van der Waals surface area (Å²) in [6.45, 7) is 0.599. The fourth-order valence-corrected chi connectivity index (χ4v) is 1.85. The highest BCUT2D eigenvalue weighted by Gasteiger charge is 2.15. The summed E-state index contributed by atoms with van der Waals surface area (Å²) in [4.78, 5) is 11.8. The van der Waals surface area contributed by atoms with Gasteiger partial charge in [0.2, 0.25) is 0 Å². The number of aliphatic hydroxyl groups is 1. The van der Waals surface area contributed by atoms with E-state index in [-0.39, 0.29) is 12.5 Å². The van der Waals surface area contributed by atoms with Crippen LogP contribution in [0.1, 0.15) is 16.9 Å². The van der Waals surface area contributed by atoms with Crippen molar-refractivity contribution in [2.75, 3.05) is 20.3 Å². The third kappa shape index (κ3) is 3.88. The SMILES string of the molecule is COCC(O)CCNC(=O)c1cc(Cl)c(Cl)n1C. The predicted octanol–water partition coefficient (Wildman–Crippen LogP) is 1.46. The number of aliphatic hydroxyl groups excluding tert-OH is 1. The van der Waals surface area contributed by atoms with Crippen LogP contribution >= 0.6 is 23.2 Å². The van der Waals surface area contributed by atoms with E-state index < -0.39 is 6.10 Å². The Bertz CT molecular complexity index is 421. The molecule has 1 atom stereocenters. The summed E-state index contributed by atoms with van der Waals surface area (Å²) >= 11 is 11.7. The van der Waals surface area contributed by atoms with Crippen molar-refractivity contribution in [3.8, 4) is 0 Å². The van der Waals surface area contributed by atoms with Gasteiger partial charge >= 0.3 is 0 Å². The summed E-state index contributed by atoms with van der Waals surface area (Å²) in [5.41, 5.74) is 0.381. The van der Waals surface area contributed by atoms with Crippen molar-refractivity contribution in [3.63, 3.8) is 0 Å². The van der Waals surface area contributed by atoms with Crippen LogP contribution in [0.15, 0.2) is 6.07 Å². The second kappa shape index (κ2) is 6.99. The molecule has 18 heavy (non-hydrogen) atoms. The normalized spacial score (nSPS) is 12.5. The molecule has 0 radical (unpaired) electrons. The highest BCUT2D eigenvalue weighted by atomic mass is 35.5. The van der Waals surface area contributed by atoms with E-state index in [0.29, 0.717) is 28.8 Å². The molecule has 1 unspecified atom stereocenters. The molecule has 0 aliphatic heterocycles. The Morgan fingerprint density at radius 3 is 2.78 bits per heavy atom. The van der Waals surface area contributed by atoms with Gasteiger partial charge in [0, 0.05) is 20.7 Å². The number of carbonyl (C=O) groups is 1. The van der Waals surface area contributed by atoms with Gasteiger partial charge in [0.1, 0.15) is 10.8 Å². The minimum Gasteiger partial charge on any atom is -0.391 e. The van der Waals surface area contributed by atoms with Gasteiger partial charge in [-0.25, -0.2) is 0 Å². The zero-order valence-electron chi connectivity index (χ0n) is 10.2. The molecule has 0 saturated carbocycles. The number of ether oxygens (including phenoxy) is 1. The number of hydrogen-bond donors (Lipinski definition) is 2. The van der Waals surface area contributed by atoms with Gasteiger partial charge in [0.15, 0.2) is 0 Å². The van der Waals surface area contributed by atoms with E-state index in [0.717, 1.165) is 0 Å². The fraction of sp³-hybridized carbons (Fsp3) is 0.545. The average Bonchev–Trinajstić information content (AvgIpc) is 2.57. The maximum Gasteiger partial charge on any atom is 0.267 e. The summed E-state index contributed by atoms with van der Waals surface area (Å²) in [7, 11) is 3.17. The summed E-state index contributed by atoms with van der Waals surface area (Å²) in [6.07, 6.45) is -0.165. The zero-order chi connectivity index (χ0) is 13.7. The topological polar surface area (TPSA) is 63.5 Å². The van der Waals surface area contributed by atoms with E-state index in [1.165, 1.54) is 17.7 Å². The standard InChI is InChI=1S/C11H16Cl2N2O3/c1-15-9(5-8(12)10(15)13)11(17)14-4-3-7(16)6-18-2/h5,7,16H,3-4,6H2,1-2H3,(H,14,17). The number of hydrogen-bond acceptors (Lipinski definition) is 3. The van der Waals surface area contributed by atoms with Crippen LogP contribution in [0.2, 0.25) is 10.2 Å². The highest BCUT2D eigenvalue weighted by molar-refractivity contribution is 6.41. The minimum absolute atomic E-state index is 0.248. The summed E-state index contributed by atoms with van der Waals surface area (Å²) < 4.78 is 6.29. The summed E-state index contributed by atoms with van der Waals surface area (Å²) in [5.74, 6) is -0.282. The van der Waals surface area contributed by atoms with Crippen molar-refractivity contribution in [1.29, 1.82) is 0 Å². The molecular formula is C11H16Cl2N2O3. The van der Waals surface area contributed by atoms with Gasteiger partial charge in [-0.1, -0.05) is 23.2 Å². The number of nitrogens with one attached hydrogen (secondary N) is 1. The van der Waals surface area contributed by atoms with Crippen molar-refractivity contribution >= 4 is 29.1 Å². The van der Waals surface area contributed by atoms with Gasteiger partial charge in [0.05, 0.1) is 17.7 Å². The van der Waals surface area contributed by atoms with Gasteiger partial charge in [-0.15, -0.1) is 0 Å². The molecule has 0 fully saturated rings. The zero-order valence-corrected chi connectivity index (χ0v) is 11.8. The quantitative estimate of drug-likeness (QED) is 0.835. The molecule has 1 aromatic heterocycles. The van der Waals surface area contributed by atoms with Crippen molar-refractivity contribution in [2.45, 2.75) is 12.5 Å².